The van der Waals surface area contributed by atoms with Crippen molar-refractivity contribution in [1.82, 2.24) is 4.90 Å². The zero-order valence-corrected chi connectivity index (χ0v) is 26.5. The second-order valence-corrected chi connectivity index (χ2v) is 14.2. The number of hydrogen-bond acceptors (Lipinski definition) is 4. The molecule has 1 amide bonds. The van der Waals surface area contributed by atoms with Crippen LogP contribution < -0.4 is 4.74 Å². The molecule has 2 aromatic carbocycles. The third-order valence-corrected chi connectivity index (χ3v) is 8.14. The highest BCUT2D eigenvalue weighted by Gasteiger charge is 2.34. The summed E-state index contributed by atoms with van der Waals surface area (Å²) in [5.41, 5.74) is 2.71. The number of likely N-dealkylation sites (N-methyl/N-ethyl adjacent to an activating group) is 1. The molecule has 1 aliphatic rings. The molecule has 224 valence electrons. The van der Waals surface area contributed by atoms with Crippen molar-refractivity contribution in [2.45, 2.75) is 106 Å². The van der Waals surface area contributed by atoms with Crippen molar-refractivity contribution < 1.29 is 19.4 Å². The molecule has 6 heteroatoms. The van der Waals surface area contributed by atoms with Crippen LogP contribution in [0.25, 0.3) is 0 Å². The second kappa shape index (κ2) is 13.2. The van der Waals surface area contributed by atoms with Crippen LogP contribution in [0.3, 0.4) is 0 Å². The average Bonchev–Trinajstić information content (AvgIpc) is 3.36. The van der Waals surface area contributed by atoms with Gasteiger partial charge in [0.05, 0.1) is 23.8 Å². The van der Waals surface area contributed by atoms with E-state index in [1.54, 1.807) is 17.0 Å². The fraction of sp³-hybridized carbons (Fsp3) is 0.571. The summed E-state index contributed by atoms with van der Waals surface area (Å²) < 4.78 is 5.85. The van der Waals surface area contributed by atoms with Gasteiger partial charge in [-0.3, -0.25) is 9.79 Å². The van der Waals surface area contributed by atoms with Gasteiger partial charge in [0.2, 0.25) is 0 Å². The Morgan fingerprint density at radius 2 is 1.54 bits per heavy atom. The number of aliphatic imine (C=N–C) groups is 1. The number of nitrogens with zero attached hydrogens (tertiary/aromatic N) is 2. The van der Waals surface area contributed by atoms with Crippen LogP contribution in [0.1, 0.15) is 115 Å². The molecule has 0 bridgehead atoms. The molecule has 2 aromatic rings. The molecule has 1 saturated carbocycles. The molecule has 3 atom stereocenters. The number of carboxylic acid groups (broad SMARTS) is 1. The Bertz CT molecular complexity index is 1200. The van der Waals surface area contributed by atoms with Gasteiger partial charge in [0, 0.05) is 12.6 Å². The van der Waals surface area contributed by atoms with E-state index in [0.717, 1.165) is 49.0 Å². The van der Waals surface area contributed by atoms with E-state index in [0.29, 0.717) is 11.6 Å². The Hall–Kier alpha value is -3.15. The molecule has 1 fully saturated rings. The SMILES string of the molecule is CC(C)Oc1ccc(/C(=N/C2CCC(C(C)(C)C)C2)C(=O)N(C)[C@H](CCC(C)(C)C)c2ccc(C(=O)O)cc2)cc1. The van der Waals surface area contributed by atoms with Gasteiger partial charge in [-0.15, -0.1) is 0 Å². The summed E-state index contributed by atoms with van der Waals surface area (Å²) in [4.78, 5) is 32.8. The smallest absolute Gasteiger partial charge is 0.335 e. The van der Waals surface area contributed by atoms with E-state index in [4.69, 9.17) is 9.73 Å². The summed E-state index contributed by atoms with van der Waals surface area (Å²) in [6, 6.07) is 14.5. The van der Waals surface area contributed by atoms with Crippen molar-refractivity contribution in [3.05, 3.63) is 65.2 Å². The lowest BCUT2D eigenvalue weighted by Gasteiger charge is -2.32. The molecular weight excluding hydrogens is 512 g/mol. The van der Waals surface area contributed by atoms with Crippen LogP contribution in [0.4, 0.5) is 0 Å². The maximum Gasteiger partial charge on any atom is 0.335 e. The summed E-state index contributed by atoms with van der Waals surface area (Å²) in [6.45, 7) is 17.4. The van der Waals surface area contributed by atoms with E-state index < -0.39 is 5.97 Å². The highest BCUT2D eigenvalue weighted by atomic mass is 16.5. The van der Waals surface area contributed by atoms with Gasteiger partial charge in [0.25, 0.3) is 5.91 Å². The molecule has 0 aromatic heterocycles. The number of carboxylic acids is 1. The summed E-state index contributed by atoms with van der Waals surface area (Å²) >= 11 is 0. The van der Waals surface area contributed by atoms with Gasteiger partial charge < -0.3 is 14.7 Å². The predicted octanol–water partition coefficient (Wildman–Crippen LogP) is 8.20. The van der Waals surface area contributed by atoms with Gasteiger partial charge in [0.1, 0.15) is 11.5 Å². The fourth-order valence-corrected chi connectivity index (χ4v) is 5.57. The van der Waals surface area contributed by atoms with Crippen molar-refractivity contribution in [2.24, 2.45) is 21.7 Å². The number of amides is 1. The minimum atomic E-state index is -0.961. The largest absolute Gasteiger partial charge is 0.491 e. The van der Waals surface area contributed by atoms with E-state index in [1.807, 2.05) is 57.3 Å². The maximum atomic E-state index is 14.4. The predicted molar refractivity (Wildman–Crippen MR) is 167 cm³/mol. The van der Waals surface area contributed by atoms with Gasteiger partial charge in [-0.05, 0) is 105 Å². The molecule has 41 heavy (non-hydrogen) atoms. The van der Waals surface area contributed by atoms with Crippen LogP contribution in [0.5, 0.6) is 5.75 Å². The van der Waals surface area contributed by atoms with Crippen molar-refractivity contribution in [3.63, 3.8) is 0 Å². The standard InChI is InChI=1S/C35H50N2O4/c1-23(2)41-29-18-14-25(15-19-29)31(36-28-17-16-27(22-28)35(6,7)8)32(38)37(9)30(20-21-34(3,4)5)24-10-12-26(13-11-24)33(39)40/h10-15,18-19,23,27-28,30H,16-17,20-22H2,1-9H3,(H,39,40)/b36-31-/t27?,28?,30-/m1/s1. The number of carbonyl (C=O) groups is 2. The van der Waals surface area contributed by atoms with Crippen LogP contribution in [-0.2, 0) is 4.79 Å². The van der Waals surface area contributed by atoms with Crippen LogP contribution in [0.2, 0.25) is 0 Å². The Morgan fingerprint density at radius 1 is 0.951 bits per heavy atom. The van der Waals surface area contributed by atoms with Gasteiger partial charge >= 0.3 is 5.97 Å². The Labute approximate surface area is 247 Å². The number of ether oxygens (including phenoxy) is 1. The molecule has 6 nitrogen and oxygen atoms in total. The topological polar surface area (TPSA) is 79.2 Å². The molecule has 2 unspecified atom stereocenters. The van der Waals surface area contributed by atoms with Crippen molar-refractivity contribution >= 4 is 17.6 Å². The highest BCUT2D eigenvalue weighted by Crippen LogP contribution is 2.40. The fourth-order valence-electron chi connectivity index (χ4n) is 5.57. The first-order valence-corrected chi connectivity index (χ1v) is 15.0. The van der Waals surface area contributed by atoms with Gasteiger partial charge in [-0.1, -0.05) is 53.7 Å². The molecule has 1 aliphatic carbocycles. The lowest BCUT2D eigenvalue weighted by atomic mass is 9.80. The normalized spacial score (nSPS) is 18.8. The van der Waals surface area contributed by atoms with E-state index in [1.165, 1.54) is 0 Å². The molecule has 0 saturated heterocycles. The maximum absolute atomic E-state index is 14.4. The zero-order chi connectivity index (χ0) is 30.5. The third-order valence-electron chi connectivity index (χ3n) is 8.14. The van der Waals surface area contributed by atoms with Crippen LogP contribution >= 0.6 is 0 Å². The molecular formula is C35H50N2O4. The van der Waals surface area contributed by atoms with E-state index >= 15 is 0 Å². The summed E-state index contributed by atoms with van der Waals surface area (Å²) in [5.74, 6) is 0.248. The monoisotopic (exact) mass is 562 g/mol. The van der Waals surface area contributed by atoms with Gasteiger partial charge in [0.15, 0.2) is 0 Å². The van der Waals surface area contributed by atoms with E-state index in [-0.39, 0.29) is 40.5 Å². The van der Waals surface area contributed by atoms with Crippen molar-refractivity contribution in [2.75, 3.05) is 7.05 Å². The Balaban J connectivity index is 2.00. The number of carbonyl (C=O) groups excluding carboxylic acids is 1. The first-order chi connectivity index (χ1) is 19.0. The van der Waals surface area contributed by atoms with Crippen molar-refractivity contribution in [1.29, 1.82) is 0 Å². The molecule has 0 radical (unpaired) electrons. The van der Waals surface area contributed by atoms with E-state index in [2.05, 4.69) is 41.5 Å². The quantitative estimate of drug-likeness (QED) is 0.296. The number of rotatable bonds is 10. The van der Waals surface area contributed by atoms with Crippen LogP contribution in [-0.4, -0.2) is 46.8 Å². The lowest BCUT2D eigenvalue weighted by Crippen LogP contribution is -2.38. The summed E-state index contributed by atoms with van der Waals surface area (Å²) in [7, 11) is 1.85. The minimum absolute atomic E-state index is 0.0608. The summed E-state index contributed by atoms with van der Waals surface area (Å²) in [6.07, 6.45) is 4.77. The molecule has 1 N–H and O–H groups in total. The molecule has 0 aliphatic heterocycles. The first-order valence-electron chi connectivity index (χ1n) is 15.0. The van der Waals surface area contributed by atoms with E-state index in [9.17, 15) is 14.7 Å². The minimum Gasteiger partial charge on any atom is -0.491 e. The van der Waals surface area contributed by atoms with Crippen molar-refractivity contribution in [3.8, 4) is 5.75 Å². The van der Waals surface area contributed by atoms with Crippen LogP contribution in [0, 0.1) is 16.7 Å². The number of hydrogen-bond donors (Lipinski definition) is 1. The third kappa shape index (κ3) is 9.17. The molecule has 3 rings (SSSR count). The number of aromatic carboxylic acids is 1. The second-order valence-electron chi connectivity index (χ2n) is 14.2. The van der Waals surface area contributed by atoms with Gasteiger partial charge in [-0.25, -0.2) is 4.79 Å². The lowest BCUT2D eigenvalue weighted by molar-refractivity contribution is -0.125. The molecule has 0 spiro atoms. The number of benzene rings is 2. The Morgan fingerprint density at radius 3 is 2.02 bits per heavy atom. The zero-order valence-electron chi connectivity index (χ0n) is 26.5. The molecule has 0 heterocycles. The first kappa shape index (κ1) is 32.4. The van der Waals surface area contributed by atoms with Crippen LogP contribution in [0.15, 0.2) is 53.5 Å². The Kier molecular flexibility index (Phi) is 10.4. The summed E-state index contributed by atoms with van der Waals surface area (Å²) in [5, 5.41) is 9.40. The highest BCUT2D eigenvalue weighted by molar-refractivity contribution is 6.45. The van der Waals surface area contributed by atoms with Gasteiger partial charge in [-0.2, -0.15) is 0 Å². The average molecular weight is 563 g/mol.